The van der Waals surface area contributed by atoms with Crippen molar-refractivity contribution in [1.82, 2.24) is 0 Å². The molecule has 0 saturated carbocycles. The molecule has 0 aromatic carbocycles. The molecule has 0 fully saturated rings. The Labute approximate surface area is 92.3 Å². The first-order valence-corrected chi connectivity index (χ1v) is 4.43. The van der Waals surface area contributed by atoms with Crippen LogP contribution in [0.2, 0.25) is 0 Å². The molecular weight excluding hydrogens is 228 g/mol. The van der Waals surface area contributed by atoms with Crippen molar-refractivity contribution in [3.05, 3.63) is 0 Å². The second-order valence-corrected chi connectivity index (χ2v) is 3.97. The van der Waals surface area contributed by atoms with Gasteiger partial charge in [-0.1, -0.05) is 0 Å². The number of rotatable bonds is 0. The Morgan fingerprint density at radius 1 is 0.909 bits per heavy atom. The van der Waals surface area contributed by atoms with Crippen LogP contribution in [-0.4, -0.2) is 68.1 Å². The van der Waals surface area contributed by atoms with E-state index in [4.69, 9.17) is 0 Å². The molecule has 0 aromatic heterocycles. The molecule has 0 atom stereocenters. The zero-order valence-electron chi connectivity index (χ0n) is 4.88. The number of hydrogen-bond donors (Lipinski definition) is 0. The Bertz CT molecular complexity index is 299. The molecule has 0 aromatic rings. The van der Waals surface area contributed by atoms with Crippen molar-refractivity contribution >= 4 is 62.4 Å². The summed E-state index contributed by atoms with van der Waals surface area (Å²) in [4.78, 5) is 9.69. The molecule has 0 amide bonds. The van der Waals surface area contributed by atoms with Crippen LogP contribution in [0.3, 0.4) is 0 Å². The van der Waals surface area contributed by atoms with Crippen LogP contribution in [0.15, 0.2) is 0 Å². The third kappa shape index (κ3) is 5.06. The van der Waals surface area contributed by atoms with Gasteiger partial charge in [-0.2, -0.15) is 0 Å². The maximum atomic E-state index is 9.69. The van der Waals surface area contributed by atoms with Gasteiger partial charge in [0.2, 0.25) is 0 Å². The van der Waals surface area contributed by atoms with Crippen LogP contribution in [0.1, 0.15) is 0 Å². The summed E-state index contributed by atoms with van der Waals surface area (Å²) in [5.74, 6) is 0. The molecule has 60 valence electrons. The minimum atomic E-state index is -5.65. The second-order valence-electron chi connectivity index (χ2n) is 1.16. The van der Waals surface area contributed by atoms with Gasteiger partial charge in [-0.15, -0.1) is 0 Å². The summed E-state index contributed by atoms with van der Waals surface area (Å²) in [7, 11) is -11.3. The number of hydrogen-bond acceptors (Lipinski definition) is 7. The maximum Gasteiger partial charge on any atom is 2.00 e. The normalized spacial score (nSPS) is 11.8. The molecule has 11 heavy (non-hydrogen) atoms. The van der Waals surface area contributed by atoms with Crippen LogP contribution in [0.4, 0.5) is 4.79 Å². The van der Waals surface area contributed by atoms with Gasteiger partial charge in [0.25, 0.3) is 0 Å². The minimum absolute atomic E-state index is 0. The summed E-state index contributed by atoms with van der Waals surface area (Å²) in [5.41, 5.74) is 0. The van der Waals surface area contributed by atoms with Gasteiger partial charge in [-0.05, 0) is 0 Å². The summed E-state index contributed by atoms with van der Waals surface area (Å²) in [6.07, 6.45) is 0. The SMILES string of the molecule is O=C(S(=O)(=O)[O-])S(=O)(=O)[O-].[Ca+2]. The van der Waals surface area contributed by atoms with Gasteiger partial charge in [-0.3, -0.25) is 4.79 Å². The molecule has 0 aliphatic carbocycles. The molecule has 0 radical (unpaired) electrons. The first kappa shape index (κ1) is 14.3. The maximum absolute atomic E-state index is 9.69. The Hall–Kier alpha value is 0.750. The summed E-state index contributed by atoms with van der Waals surface area (Å²) >= 11 is 0. The average molecular weight is 228 g/mol. The van der Waals surface area contributed by atoms with E-state index in [9.17, 15) is 30.7 Å². The third-order valence-corrected chi connectivity index (χ3v) is 2.45. The van der Waals surface area contributed by atoms with Crippen LogP contribution in [0.25, 0.3) is 0 Å². The van der Waals surface area contributed by atoms with Gasteiger partial charge in [0.05, 0.1) is 0 Å². The molecule has 0 aliphatic heterocycles. The monoisotopic (exact) mass is 228 g/mol. The Morgan fingerprint density at radius 2 is 1.09 bits per heavy atom. The summed E-state index contributed by atoms with van der Waals surface area (Å²) < 4.78 is 54.1. The summed E-state index contributed by atoms with van der Waals surface area (Å²) in [6, 6.07) is 0. The molecule has 0 rings (SSSR count). The van der Waals surface area contributed by atoms with E-state index in [0.29, 0.717) is 0 Å². The van der Waals surface area contributed by atoms with Crippen molar-refractivity contribution < 1.29 is 30.7 Å². The van der Waals surface area contributed by atoms with E-state index in [1.807, 2.05) is 0 Å². The molecule has 0 spiro atoms. The predicted octanol–water partition coefficient (Wildman–Crippen LogP) is -2.18. The quantitative estimate of drug-likeness (QED) is 0.340. The smallest absolute Gasteiger partial charge is 0.741 e. The third-order valence-electron chi connectivity index (χ3n) is 0.408. The van der Waals surface area contributed by atoms with Gasteiger partial charge in [0.15, 0.2) is 20.2 Å². The molecule has 0 saturated heterocycles. The van der Waals surface area contributed by atoms with Crippen molar-refractivity contribution in [3.63, 3.8) is 0 Å². The minimum Gasteiger partial charge on any atom is -0.741 e. The van der Waals surface area contributed by atoms with Gasteiger partial charge in [-0.25, -0.2) is 16.8 Å². The van der Waals surface area contributed by atoms with Crippen molar-refractivity contribution in [1.29, 1.82) is 0 Å². The van der Waals surface area contributed by atoms with Crippen LogP contribution in [-0.2, 0) is 20.2 Å². The van der Waals surface area contributed by atoms with Crippen LogP contribution < -0.4 is 0 Å². The molecule has 0 N–H and O–H groups in total. The van der Waals surface area contributed by atoms with Gasteiger partial charge < -0.3 is 9.11 Å². The zero-order valence-corrected chi connectivity index (χ0v) is 8.72. The fourth-order valence-electron chi connectivity index (χ4n) is 0.125. The standard InChI is InChI=1S/CH2O7S2.Ca/c2-1(9(3,4)5)10(6,7)8;/h(H,3,4,5)(H,6,7,8);/q;+2/p-2. The van der Waals surface area contributed by atoms with Crippen molar-refractivity contribution in [2.45, 2.75) is 0 Å². The fourth-order valence-corrected chi connectivity index (χ4v) is 1.12. The topological polar surface area (TPSA) is 131 Å². The first-order chi connectivity index (χ1) is 4.15. The fraction of sp³-hybridized carbons (Fsp3) is 0. The molecule has 7 nitrogen and oxygen atoms in total. The van der Waals surface area contributed by atoms with Gasteiger partial charge >= 0.3 is 42.2 Å². The van der Waals surface area contributed by atoms with Crippen molar-refractivity contribution in [2.75, 3.05) is 0 Å². The van der Waals surface area contributed by atoms with Crippen molar-refractivity contribution in [2.24, 2.45) is 0 Å². The van der Waals surface area contributed by atoms with E-state index < -0.39 is 24.7 Å². The average Bonchev–Trinajstić information content (AvgIpc) is 1.59. The number of carbonyl (C=O) groups excluding carboxylic acids is 1. The summed E-state index contributed by atoms with van der Waals surface area (Å²) in [6.45, 7) is 0. The molecule has 0 aliphatic rings. The molecule has 0 heterocycles. The van der Waals surface area contributed by atoms with E-state index in [0.717, 1.165) is 0 Å². The number of carbonyl (C=O) groups is 1. The Balaban J connectivity index is 0. The van der Waals surface area contributed by atoms with E-state index >= 15 is 0 Å². The van der Waals surface area contributed by atoms with E-state index in [1.54, 1.807) is 0 Å². The van der Waals surface area contributed by atoms with E-state index in [2.05, 4.69) is 0 Å². The molecule has 0 unspecified atom stereocenters. The second kappa shape index (κ2) is 4.12. The van der Waals surface area contributed by atoms with Gasteiger partial charge in [0.1, 0.15) is 0 Å². The molecular formula is CCaO7S2. The molecule has 10 heteroatoms. The van der Waals surface area contributed by atoms with Gasteiger partial charge in [0, 0.05) is 0 Å². The predicted molar refractivity (Wildman–Crippen MR) is 30.5 cm³/mol. The largest absolute Gasteiger partial charge is 2.00 e. The van der Waals surface area contributed by atoms with Crippen LogP contribution >= 0.6 is 0 Å². The van der Waals surface area contributed by atoms with Crippen LogP contribution in [0.5, 0.6) is 0 Å². The van der Waals surface area contributed by atoms with Crippen LogP contribution in [0, 0.1) is 0 Å². The first-order valence-electron chi connectivity index (χ1n) is 1.61. The summed E-state index contributed by atoms with van der Waals surface area (Å²) in [5, 5.41) is 0. The zero-order chi connectivity index (χ0) is 8.58. The Morgan fingerprint density at radius 3 is 1.09 bits per heavy atom. The van der Waals surface area contributed by atoms with E-state index in [1.165, 1.54) is 0 Å². The Kier molecular flexibility index (Phi) is 5.35. The van der Waals surface area contributed by atoms with Crippen molar-refractivity contribution in [3.8, 4) is 0 Å². The van der Waals surface area contributed by atoms with E-state index in [-0.39, 0.29) is 37.7 Å². The molecule has 0 bridgehead atoms.